The van der Waals surface area contributed by atoms with Crippen LogP contribution in [0.1, 0.15) is 16.1 Å². The molecule has 3 rings (SSSR count). The van der Waals surface area contributed by atoms with Gasteiger partial charge in [-0.25, -0.2) is 4.98 Å². The smallest absolute Gasteiger partial charge is 0.252 e. The van der Waals surface area contributed by atoms with E-state index in [4.69, 9.17) is 0 Å². The van der Waals surface area contributed by atoms with Crippen LogP contribution in [0, 0.1) is 0 Å². The molecule has 0 bridgehead atoms. The van der Waals surface area contributed by atoms with Crippen LogP contribution in [0.2, 0.25) is 0 Å². The third-order valence-corrected chi connectivity index (χ3v) is 3.82. The highest BCUT2D eigenvalue weighted by molar-refractivity contribution is 6.06. The second-order valence-electron chi connectivity index (χ2n) is 5.59. The Labute approximate surface area is 134 Å². The van der Waals surface area contributed by atoms with Crippen LogP contribution in [-0.4, -0.2) is 34.5 Å². The number of hydrogen-bond acceptors (Lipinski definition) is 4. The maximum absolute atomic E-state index is 12.5. The summed E-state index contributed by atoms with van der Waals surface area (Å²) < 4.78 is 1.97. The number of carbonyl (C=O) groups is 1. The fourth-order valence-corrected chi connectivity index (χ4v) is 2.60. The molecular formula is C17H19N5O. The van der Waals surface area contributed by atoms with Crippen molar-refractivity contribution < 1.29 is 4.79 Å². The van der Waals surface area contributed by atoms with Gasteiger partial charge in [-0.1, -0.05) is 12.1 Å². The number of anilines is 1. The van der Waals surface area contributed by atoms with Gasteiger partial charge in [-0.05, 0) is 17.5 Å². The molecule has 2 heterocycles. The van der Waals surface area contributed by atoms with Crippen molar-refractivity contribution in [3.8, 4) is 0 Å². The third kappa shape index (κ3) is 2.88. The van der Waals surface area contributed by atoms with Crippen molar-refractivity contribution in [2.75, 3.05) is 19.0 Å². The molecule has 0 atom stereocenters. The van der Waals surface area contributed by atoms with Crippen molar-refractivity contribution in [1.29, 1.82) is 0 Å². The Morgan fingerprint density at radius 1 is 1.26 bits per heavy atom. The largest absolute Gasteiger partial charge is 0.348 e. The van der Waals surface area contributed by atoms with E-state index in [-0.39, 0.29) is 5.91 Å². The van der Waals surface area contributed by atoms with Gasteiger partial charge in [0, 0.05) is 44.5 Å². The summed E-state index contributed by atoms with van der Waals surface area (Å²) in [6.45, 7) is 0.428. The molecule has 2 aromatic heterocycles. The number of benzene rings is 1. The van der Waals surface area contributed by atoms with Gasteiger partial charge in [-0.2, -0.15) is 0 Å². The van der Waals surface area contributed by atoms with E-state index >= 15 is 0 Å². The van der Waals surface area contributed by atoms with Crippen LogP contribution in [0.4, 0.5) is 5.95 Å². The number of nitrogens with zero attached hydrogens (tertiary/aromatic N) is 4. The van der Waals surface area contributed by atoms with Gasteiger partial charge in [0.2, 0.25) is 5.95 Å². The summed E-state index contributed by atoms with van der Waals surface area (Å²) in [7, 11) is 5.82. The first-order valence-corrected chi connectivity index (χ1v) is 7.37. The lowest BCUT2D eigenvalue weighted by molar-refractivity contribution is 0.0952. The second kappa shape index (κ2) is 6.08. The number of carbonyl (C=O) groups excluding carboxylic acids is 1. The van der Waals surface area contributed by atoms with E-state index in [9.17, 15) is 4.79 Å². The zero-order valence-corrected chi connectivity index (χ0v) is 13.4. The van der Waals surface area contributed by atoms with Crippen molar-refractivity contribution in [3.63, 3.8) is 0 Å². The summed E-state index contributed by atoms with van der Waals surface area (Å²) in [5.41, 5.74) is 1.60. The van der Waals surface area contributed by atoms with E-state index in [1.165, 1.54) is 0 Å². The van der Waals surface area contributed by atoms with Crippen LogP contribution < -0.4 is 10.2 Å². The normalized spacial score (nSPS) is 10.7. The average molecular weight is 309 g/mol. The van der Waals surface area contributed by atoms with Crippen molar-refractivity contribution in [3.05, 3.63) is 54.1 Å². The Bertz CT molecular complexity index is 848. The number of aromatic nitrogens is 3. The zero-order valence-electron chi connectivity index (χ0n) is 13.4. The molecule has 0 radical (unpaired) electrons. The van der Waals surface area contributed by atoms with Gasteiger partial charge in [-0.15, -0.1) is 0 Å². The summed E-state index contributed by atoms with van der Waals surface area (Å²) >= 11 is 0. The number of pyridine rings is 1. The minimum Gasteiger partial charge on any atom is -0.348 e. The SMILES string of the molecule is CN(C)c1ncc(CNC(=O)c2cccc3cnccc23)n1C. The molecule has 0 aliphatic carbocycles. The molecule has 1 amide bonds. The molecule has 1 N–H and O–H groups in total. The molecule has 0 saturated carbocycles. The minimum atomic E-state index is -0.102. The van der Waals surface area contributed by atoms with Crippen LogP contribution in [-0.2, 0) is 13.6 Å². The molecular weight excluding hydrogens is 290 g/mol. The molecule has 0 aliphatic rings. The monoisotopic (exact) mass is 309 g/mol. The Morgan fingerprint density at radius 2 is 2.09 bits per heavy atom. The average Bonchev–Trinajstić information content (AvgIpc) is 2.93. The Balaban J connectivity index is 1.79. The van der Waals surface area contributed by atoms with Gasteiger partial charge in [0.25, 0.3) is 5.91 Å². The van der Waals surface area contributed by atoms with E-state index in [1.807, 2.05) is 54.9 Å². The number of rotatable bonds is 4. The highest BCUT2D eigenvalue weighted by atomic mass is 16.1. The fourth-order valence-electron chi connectivity index (χ4n) is 2.60. The molecule has 3 aromatic rings. The third-order valence-electron chi connectivity index (χ3n) is 3.82. The second-order valence-corrected chi connectivity index (χ2v) is 5.59. The Kier molecular flexibility index (Phi) is 3.97. The first-order valence-electron chi connectivity index (χ1n) is 7.37. The van der Waals surface area contributed by atoms with Crippen LogP contribution in [0.3, 0.4) is 0 Å². The summed E-state index contributed by atoms with van der Waals surface area (Å²) in [6, 6.07) is 7.50. The van der Waals surface area contributed by atoms with Gasteiger partial charge in [-0.3, -0.25) is 9.78 Å². The molecule has 6 nitrogen and oxygen atoms in total. The van der Waals surface area contributed by atoms with Gasteiger partial charge >= 0.3 is 0 Å². The van der Waals surface area contributed by atoms with Crippen molar-refractivity contribution in [2.45, 2.75) is 6.54 Å². The zero-order chi connectivity index (χ0) is 16.4. The molecule has 0 fully saturated rings. The highest BCUT2D eigenvalue weighted by Crippen LogP contribution is 2.17. The summed E-state index contributed by atoms with van der Waals surface area (Å²) in [5.74, 6) is 0.750. The maximum Gasteiger partial charge on any atom is 0.252 e. The fraction of sp³-hybridized carbons (Fsp3) is 0.235. The number of fused-ring (bicyclic) bond motifs is 1. The molecule has 0 spiro atoms. The molecule has 1 aromatic carbocycles. The van der Waals surface area contributed by atoms with Gasteiger partial charge in [0.15, 0.2) is 0 Å². The van der Waals surface area contributed by atoms with Crippen LogP contribution in [0.25, 0.3) is 10.8 Å². The van der Waals surface area contributed by atoms with Crippen LogP contribution in [0.5, 0.6) is 0 Å². The van der Waals surface area contributed by atoms with Crippen LogP contribution >= 0.6 is 0 Å². The number of hydrogen-bond donors (Lipinski definition) is 1. The lowest BCUT2D eigenvalue weighted by Crippen LogP contribution is -2.24. The van der Waals surface area contributed by atoms with Crippen molar-refractivity contribution >= 4 is 22.6 Å². The first-order chi connectivity index (χ1) is 11.1. The van der Waals surface area contributed by atoms with Crippen molar-refractivity contribution in [1.82, 2.24) is 19.9 Å². The number of amides is 1. The summed E-state index contributed by atoms with van der Waals surface area (Å²) in [6.07, 6.45) is 5.24. The molecule has 118 valence electrons. The molecule has 0 saturated heterocycles. The quantitative estimate of drug-likeness (QED) is 0.800. The Hall–Kier alpha value is -2.89. The standard InChI is InChI=1S/C17H19N5O/c1-21(2)17-20-11-13(22(17)3)10-19-16(23)15-6-4-5-12-9-18-8-7-14(12)15/h4-9,11H,10H2,1-3H3,(H,19,23). The highest BCUT2D eigenvalue weighted by Gasteiger charge is 2.12. The number of imidazole rings is 1. The summed E-state index contributed by atoms with van der Waals surface area (Å²) in [5, 5.41) is 4.82. The number of nitrogens with one attached hydrogen (secondary N) is 1. The molecule has 23 heavy (non-hydrogen) atoms. The van der Waals surface area contributed by atoms with Crippen molar-refractivity contribution in [2.24, 2.45) is 7.05 Å². The van der Waals surface area contributed by atoms with Gasteiger partial charge < -0.3 is 14.8 Å². The van der Waals surface area contributed by atoms with E-state index in [0.717, 1.165) is 22.4 Å². The predicted molar refractivity (Wildman–Crippen MR) is 90.4 cm³/mol. The molecule has 0 aliphatic heterocycles. The molecule has 0 unspecified atom stereocenters. The van der Waals surface area contributed by atoms with Gasteiger partial charge in [0.1, 0.15) is 0 Å². The topological polar surface area (TPSA) is 63.1 Å². The first kappa shape index (κ1) is 15.0. The van der Waals surface area contributed by atoms with E-state index in [1.54, 1.807) is 18.6 Å². The maximum atomic E-state index is 12.5. The summed E-state index contributed by atoms with van der Waals surface area (Å²) in [4.78, 5) is 22.9. The lowest BCUT2D eigenvalue weighted by atomic mass is 10.1. The minimum absolute atomic E-state index is 0.102. The van der Waals surface area contributed by atoms with E-state index < -0.39 is 0 Å². The van der Waals surface area contributed by atoms with E-state index in [0.29, 0.717) is 12.1 Å². The Morgan fingerprint density at radius 3 is 2.83 bits per heavy atom. The lowest BCUT2D eigenvalue weighted by Gasteiger charge is -2.13. The van der Waals surface area contributed by atoms with Gasteiger partial charge in [0.05, 0.1) is 18.4 Å². The van der Waals surface area contributed by atoms with Crippen LogP contribution in [0.15, 0.2) is 42.9 Å². The molecule has 6 heteroatoms. The predicted octanol–water partition coefficient (Wildman–Crippen LogP) is 1.96. The van der Waals surface area contributed by atoms with E-state index in [2.05, 4.69) is 15.3 Å².